The molecule has 2 aromatic carbocycles. The van der Waals surface area contributed by atoms with Gasteiger partial charge in [0.1, 0.15) is 11.2 Å². The number of H-pyrrole nitrogens is 1. The fourth-order valence-electron chi connectivity index (χ4n) is 3.53. The van der Waals surface area contributed by atoms with Gasteiger partial charge in [0.2, 0.25) is 0 Å². The Hall–Kier alpha value is -4.68. The molecule has 0 unspecified atom stereocenters. The lowest BCUT2D eigenvalue weighted by atomic mass is 10.0. The second-order valence-corrected chi connectivity index (χ2v) is 7.44. The lowest BCUT2D eigenvalue weighted by molar-refractivity contribution is 0.0706. The van der Waals surface area contributed by atoms with Crippen LogP contribution in [-0.2, 0) is 13.6 Å². The largest absolute Gasteiger partial charge is 0.347 e. The molecule has 2 amide bonds. The summed E-state index contributed by atoms with van der Waals surface area (Å²) in [5.74, 6) is -1.01. The Morgan fingerprint density at radius 1 is 1.09 bits per heavy atom. The average molecular weight is 441 g/mol. The fourth-order valence-corrected chi connectivity index (χ4v) is 3.53. The minimum Gasteiger partial charge on any atom is -0.347 e. The van der Waals surface area contributed by atoms with Crippen LogP contribution in [0.25, 0.3) is 22.0 Å². The number of hydroxylamine groups is 1. The number of carbonyl (C=O) groups excluding carboxylic acids is 2. The van der Waals surface area contributed by atoms with E-state index >= 15 is 0 Å². The van der Waals surface area contributed by atoms with Crippen molar-refractivity contribution in [2.75, 3.05) is 0 Å². The van der Waals surface area contributed by atoms with Crippen molar-refractivity contribution in [3.05, 3.63) is 93.5 Å². The molecule has 4 rings (SSSR count). The predicted octanol–water partition coefficient (Wildman–Crippen LogP) is 2.45. The van der Waals surface area contributed by atoms with Crippen LogP contribution in [0.5, 0.6) is 0 Å². The Balaban J connectivity index is 1.61. The number of fused-ring (bicyclic) bond motifs is 1. The lowest BCUT2D eigenvalue weighted by Gasteiger charge is -2.06. The highest BCUT2D eigenvalue weighted by atomic mass is 16.5. The van der Waals surface area contributed by atoms with Gasteiger partial charge in [-0.15, -0.1) is 0 Å². The molecule has 0 radical (unpaired) electrons. The summed E-state index contributed by atoms with van der Waals surface area (Å²) in [6, 6.07) is 17.1. The number of aromatic amines is 1. The van der Waals surface area contributed by atoms with Crippen molar-refractivity contribution in [3.63, 3.8) is 0 Å². The van der Waals surface area contributed by atoms with E-state index in [1.165, 1.54) is 16.7 Å². The molecule has 0 bridgehead atoms. The summed E-state index contributed by atoms with van der Waals surface area (Å²) in [5.41, 5.74) is 4.97. The second kappa shape index (κ2) is 8.82. The van der Waals surface area contributed by atoms with Crippen LogP contribution in [0, 0.1) is 11.3 Å². The Labute approximate surface area is 187 Å². The van der Waals surface area contributed by atoms with Gasteiger partial charge in [-0.05, 0) is 41.5 Å². The van der Waals surface area contributed by atoms with Crippen LogP contribution in [0.2, 0.25) is 0 Å². The van der Waals surface area contributed by atoms with E-state index in [2.05, 4.69) is 16.4 Å². The zero-order valence-corrected chi connectivity index (χ0v) is 17.5. The molecule has 0 aliphatic rings. The molecule has 2 aromatic heterocycles. The van der Waals surface area contributed by atoms with Gasteiger partial charge >= 0.3 is 0 Å². The number of aromatic nitrogens is 2. The number of nitriles is 1. The first-order valence-electron chi connectivity index (χ1n) is 9.95. The van der Waals surface area contributed by atoms with Gasteiger partial charge in [0, 0.05) is 36.3 Å². The Kier molecular flexibility index (Phi) is 5.76. The van der Waals surface area contributed by atoms with Gasteiger partial charge in [-0.2, -0.15) is 5.26 Å². The molecule has 164 valence electrons. The van der Waals surface area contributed by atoms with Gasteiger partial charge in [0.15, 0.2) is 0 Å². The number of hydrogen-bond acceptors (Lipinski definition) is 5. The van der Waals surface area contributed by atoms with Crippen molar-refractivity contribution in [1.29, 1.82) is 5.26 Å². The number of nitrogens with one attached hydrogen (secondary N) is 3. The van der Waals surface area contributed by atoms with E-state index in [1.807, 2.05) is 0 Å². The van der Waals surface area contributed by atoms with Crippen molar-refractivity contribution in [3.8, 4) is 17.2 Å². The van der Waals surface area contributed by atoms with E-state index in [1.54, 1.807) is 61.2 Å². The normalized spacial score (nSPS) is 10.6. The standard InChI is InChI=1S/C24H19N5O4/c1-29-13-19(16-6-2-14(11-25)3-7-16)18-10-20(27-21(18)24(29)32)23(31)26-12-15-4-8-17(9-5-15)22(30)28-33/h2-10,13,27,33H,12H2,1H3,(H,26,31)(H,28,30). The maximum Gasteiger partial charge on any atom is 0.274 e. The van der Waals surface area contributed by atoms with Crippen LogP contribution in [-0.4, -0.2) is 26.6 Å². The molecule has 2 heterocycles. The van der Waals surface area contributed by atoms with Gasteiger partial charge in [-0.3, -0.25) is 19.6 Å². The number of carbonyl (C=O) groups is 2. The topological polar surface area (TPSA) is 140 Å². The van der Waals surface area contributed by atoms with Crippen LogP contribution in [0.15, 0.2) is 65.6 Å². The summed E-state index contributed by atoms with van der Waals surface area (Å²) >= 11 is 0. The molecule has 0 fully saturated rings. The highest BCUT2D eigenvalue weighted by Crippen LogP contribution is 2.27. The SMILES string of the molecule is Cn1cc(-c2ccc(C#N)cc2)c2cc(C(=O)NCc3ccc(C(=O)NO)cc3)[nH]c2c1=O. The summed E-state index contributed by atoms with van der Waals surface area (Å²) < 4.78 is 1.44. The third-order valence-electron chi connectivity index (χ3n) is 5.31. The van der Waals surface area contributed by atoms with E-state index in [-0.39, 0.29) is 23.4 Å². The zero-order chi connectivity index (χ0) is 23.5. The quantitative estimate of drug-likeness (QED) is 0.278. The maximum absolute atomic E-state index is 12.8. The number of pyridine rings is 1. The lowest BCUT2D eigenvalue weighted by Crippen LogP contribution is -2.23. The molecular weight excluding hydrogens is 422 g/mol. The van der Waals surface area contributed by atoms with Gasteiger partial charge in [0.05, 0.1) is 11.6 Å². The smallest absolute Gasteiger partial charge is 0.274 e. The summed E-state index contributed by atoms with van der Waals surface area (Å²) in [6.45, 7) is 0.204. The van der Waals surface area contributed by atoms with Gasteiger partial charge in [0.25, 0.3) is 17.4 Å². The van der Waals surface area contributed by atoms with Crippen molar-refractivity contribution in [2.24, 2.45) is 7.05 Å². The van der Waals surface area contributed by atoms with Crippen LogP contribution < -0.4 is 16.4 Å². The Bertz CT molecular complexity index is 1460. The van der Waals surface area contributed by atoms with Crippen LogP contribution in [0.3, 0.4) is 0 Å². The summed E-state index contributed by atoms with van der Waals surface area (Å²) in [7, 11) is 1.64. The van der Waals surface area contributed by atoms with Gasteiger partial charge < -0.3 is 14.9 Å². The third kappa shape index (κ3) is 4.23. The van der Waals surface area contributed by atoms with E-state index < -0.39 is 11.8 Å². The molecule has 0 atom stereocenters. The highest BCUT2D eigenvalue weighted by Gasteiger charge is 2.16. The van der Waals surface area contributed by atoms with Gasteiger partial charge in [-0.1, -0.05) is 24.3 Å². The van der Waals surface area contributed by atoms with Crippen LogP contribution in [0.4, 0.5) is 0 Å². The minimum atomic E-state index is -0.622. The molecule has 33 heavy (non-hydrogen) atoms. The zero-order valence-electron chi connectivity index (χ0n) is 17.5. The van der Waals surface area contributed by atoms with Gasteiger partial charge in [-0.25, -0.2) is 5.48 Å². The van der Waals surface area contributed by atoms with Crippen molar-refractivity contribution >= 4 is 22.7 Å². The van der Waals surface area contributed by atoms with Crippen molar-refractivity contribution in [1.82, 2.24) is 20.3 Å². The molecule has 0 aliphatic carbocycles. The molecule has 4 aromatic rings. The second-order valence-electron chi connectivity index (χ2n) is 7.44. The molecule has 0 saturated heterocycles. The summed E-state index contributed by atoms with van der Waals surface area (Å²) in [6.07, 6.45) is 1.70. The van der Waals surface area contributed by atoms with E-state index in [0.717, 1.165) is 16.7 Å². The summed E-state index contributed by atoms with van der Waals surface area (Å²) in [4.78, 5) is 39.7. The van der Waals surface area contributed by atoms with Crippen LogP contribution in [0.1, 0.15) is 32.0 Å². The Morgan fingerprint density at radius 2 is 1.79 bits per heavy atom. The third-order valence-corrected chi connectivity index (χ3v) is 5.31. The first-order valence-corrected chi connectivity index (χ1v) is 9.95. The molecule has 0 spiro atoms. The molecular formula is C24H19N5O4. The van der Waals surface area contributed by atoms with Crippen molar-refractivity contribution < 1.29 is 14.8 Å². The maximum atomic E-state index is 12.8. The Morgan fingerprint density at radius 3 is 2.42 bits per heavy atom. The first kappa shape index (κ1) is 21.5. The first-order chi connectivity index (χ1) is 15.9. The molecule has 4 N–H and O–H groups in total. The number of benzene rings is 2. The number of rotatable bonds is 5. The summed E-state index contributed by atoms with van der Waals surface area (Å²) in [5, 5.41) is 21.1. The predicted molar refractivity (Wildman–Crippen MR) is 121 cm³/mol. The minimum absolute atomic E-state index is 0.204. The van der Waals surface area contributed by atoms with Crippen molar-refractivity contribution in [2.45, 2.75) is 6.54 Å². The number of amides is 2. The molecule has 0 aliphatic heterocycles. The fraction of sp³-hybridized carbons (Fsp3) is 0.0833. The van der Waals surface area contributed by atoms with E-state index in [4.69, 9.17) is 10.5 Å². The van der Waals surface area contributed by atoms with E-state index in [9.17, 15) is 14.4 Å². The van der Waals surface area contributed by atoms with E-state index in [0.29, 0.717) is 16.5 Å². The molecule has 0 saturated carbocycles. The average Bonchev–Trinajstić information content (AvgIpc) is 3.30. The van der Waals surface area contributed by atoms with Crippen LogP contribution >= 0.6 is 0 Å². The number of nitrogens with zero attached hydrogens (tertiary/aromatic N) is 2. The molecule has 9 heteroatoms. The highest BCUT2D eigenvalue weighted by molar-refractivity contribution is 6.02. The number of aryl methyl sites for hydroxylation is 1. The number of hydrogen-bond donors (Lipinski definition) is 4. The monoisotopic (exact) mass is 441 g/mol. The molecule has 9 nitrogen and oxygen atoms in total.